The molecule has 6 nitrogen and oxygen atoms in total. The van der Waals surface area contributed by atoms with Gasteiger partial charge in [0.1, 0.15) is 5.56 Å². The zero-order valence-electron chi connectivity index (χ0n) is 14.0. The predicted molar refractivity (Wildman–Crippen MR) is 87.0 cm³/mol. The van der Waals surface area contributed by atoms with Gasteiger partial charge in [0, 0.05) is 37.6 Å². The third kappa shape index (κ3) is 3.44. The van der Waals surface area contributed by atoms with Crippen LogP contribution < -0.4 is 5.32 Å². The lowest BCUT2D eigenvalue weighted by atomic mass is 10.2. The van der Waals surface area contributed by atoms with E-state index in [0.717, 1.165) is 6.54 Å². The van der Waals surface area contributed by atoms with Crippen molar-refractivity contribution in [1.82, 2.24) is 24.8 Å². The number of amides is 1. The van der Waals surface area contributed by atoms with E-state index in [-0.39, 0.29) is 5.91 Å². The van der Waals surface area contributed by atoms with Crippen LogP contribution in [0.25, 0.3) is 5.65 Å². The second-order valence-electron chi connectivity index (χ2n) is 6.03. The number of fused-ring (bicyclic) bond motifs is 1. The van der Waals surface area contributed by atoms with Crippen LogP contribution >= 0.6 is 0 Å². The van der Waals surface area contributed by atoms with Gasteiger partial charge in [-0.05, 0) is 40.7 Å². The Labute approximate surface area is 131 Å². The Bertz CT molecular complexity index is 639. The van der Waals surface area contributed by atoms with Crippen molar-refractivity contribution in [2.75, 3.05) is 13.1 Å². The molecule has 22 heavy (non-hydrogen) atoms. The Morgan fingerprint density at radius 3 is 2.64 bits per heavy atom. The maximum atomic E-state index is 12.4. The molecule has 2 aromatic rings. The van der Waals surface area contributed by atoms with Crippen LogP contribution in [0.1, 0.15) is 43.7 Å². The van der Waals surface area contributed by atoms with E-state index in [4.69, 9.17) is 0 Å². The SMILES string of the molecule is Cc1nn2cccnc2c1C(=O)NCCN(C(C)C)C(C)C. The first-order chi connectivity index (χ1) is 10.4. The standard InChI is InChI=1S/C16H25N5O/c1-11(2)20(12(3)4)10-8-18-16(22)14-13(5)19-21-9-6-7-17-15(14)21/h6-7,9,11-12H,8,10H2,1-5H3,(H,18,22). The number of hydrogen-bond donors (Lipinski definition) is 1. The van der Waals surface area contributed by atoms with Crippen molar-refractivity contribution < 1.29 is 4.79 Å². The van der Waals surface area contributed by atoms with Crippen molar-refractivity contribution in [3.8, 4) is 0 Å². The first-order valence-corrected chi connectivity index (χ1v) is 7.75. The van der Waals surface area contributed by atoms with E-state index in [1.165, 1.54) is 0 Å². The average Bonchev–Trinajstić information content (AvgIpc) is 2.78. The molecule has 0 unspecified atom stereocenters. The van der Waals surface area contributed by atoms with Gasteiger partial charge in [-0.3, -0.25) is 9.69 Å². The van der Waals surface area contributed by atoms with Gasteiger partial charge in [-0.2, -0.15) is 5.10 Å². The number of aromatic nitrogens is 3. The zero-order chi connectivity index (χ0) is 16.3. The van der Waals surface area contributed by atoms with E-state index in [0.29, 0.717) is 35.5 Å². The zero-order valence-corrected chi connectivity index (χ0v) is 14.0. The van der Waals surface area contributed by atoms with Gasteiger partial charge >= 0.3 is 0 Å². The van der Waals surface area contributed by atoms with Crippen molar-refractivity contribution in [3.05, 3.63) is 29.7 Å². The molecule has 0 atom stereocenters. The normalized spacial score (nSPS) is 11.8. The smallest absolute Gasteiger partial charge is 0.257 e. The van der Waals surface area contributed by atoms with Crippen LogP contribution in [0, 0.1) is 6.92 Å². The van der Waals surface area contributed by atoms with E-state index in [2.05, 4.69) is 48.0 Å². The van der Waals surface area contributed by atoms with Gasteiger partial charge in [-0.1, -0.05) is 0 Å². The molecule has 0 aromatic carbocycles. The Balaban J connectivity index is 2.04. The fourth-order valence-electron chi connectivity index (χ4n) is 2.76. The van der Waals surface area contributed by atoms with Crippen molar-refractivity contribution in [2.24, 2.45) is 0 Å². The molecule has 0 aliphatic heterocycles. The average molecular weight is 303 g/mol. The topological polar surface area (TPSA) is 62.5 Å². The lowest BCUT2D eigenvalue weighted by Crippen LogP contribution is -2.42. The van der Waals surface area contributed by atoms with E-state index < -0.39 is 0 Å². The highest BCUT2D eigenvalue weighted by Gasteiger charge is 2.18. The summed E-state index contributed by atoms with van der Waals surface area (Å²) < 4.78 is 1.64. The molecule has 0 fully saturated rings. The van der Waals surface area contributed by atoms with Gasteiger partial charge in [0.05, 0.1) is 5.69 Å². The summed E-state index contributed by atoms with van der Waals surface area (Å²) >= 11 is 0. The van der Waals surface area contributed by atoms with E-state index in [9.17, 15) is 4.79 Å². The van der Waals surface area contributed by atoms with Crippen LogP contribution in [0.2, 0.25) is 0 Å². The molecular formula is C16H25N5O. The number of carbonyl (C=O) groups excluding carboxylic acids is 1. The summed E-state index contributed by atoms with van der Waals surface area (Å²) in [5.74, 6) is -0.112. The Morgan fingerprint density at radius 2 is 2.00 bits per heavy atom. The monoisotopic (exact) mass is 303 g/mol. The second kappa shape index (κ2) is 6.87. The van der Waals surface area contributed by atoms with E-state index in [1.807, 2.05) is 6.92 Å². The van der Waals surface area contributed by atoms with Gasteiger partial charge in [0.2, 0.25) is 0 Å². The summed E-state index contributed by atoms with van der Waals surface area (Å²) in [7, 11) is 0. The van der Waals surface area contributed by atoms with Crippen molar-refractivity contribution in [2.45, 2.75) is 46.7 Å². The van der Waals surface area contributed by atoms with E-state index >= 15 is 0 Å². The van der Waals surface area contributed by atoms with Crippen LogP contribution in [0.5, 0.6) is 0 Å². The van der Waals surface area contributed by atoms with Gasteiger partial charge in [0.25, 0.3) is 5.91 Å². The summed E-state index contributed by atoms with van der Waals surface area (Å²) in [6.07, 6.45) is 3.47. The first kappa shape index (κ1) is 16.4. The molecule has 2 aromatic heterocycles. The molecule has 120 valence electrons. The maximum absolute atomic E-state index is 12.4. The molecule has 1 N–H and O–H groups in total. The molecule has 0 aliphatic carbocycles. The van der Waals surface area contributed by atoms with Crippen LogP contribution in [0.3, 0.4) is 0 Å². The molecular weight excluding hydrogens is 278 g/mol. The number of nitrogens with zero attached hydrogens (tertiary/aromatic N) is 4. The Morgan fingerprint density at radius 1 is 1.32 bits per heavy atom. The highest BCUT2D eigenvalue weighted by molar-refractivity contribution is 6.00. The largest absolute Gasteiger partial charge is 0.351 e. The molecule has 0 spiro atoms. The van der Waals surface area contributed by atoms with Crippen molar-refractivity contribution in [3.63, 3.8) is 0 Å². The Kier molecular flexibility index (Phi) is 5.13. The van der Waals surface area contributed by atoms with Gasteiger partial charge in [-0.25, -0.2) is 9.50 Å². The summed E-state index contributed by atoms with van der Waals surface area (Å²) in [6, 6.07) is 2.71. The number of rotatable bonds is 6. The van der Waals surface area contributed by atoms with Gasteiger partial charge in [-0.15, -0.1) is 0 Å². The maximum Gasteiger partial charge on any atom is 0.257 e. The van der Waals surface area contributed by atoms with Gasteiger partial charge < -0.3 is 5.32 Å². The van der Waals surface area contributed by atoms with Crippen LogP contribution in [-0.2, 0) is 0 Å². The summed E-state index contributed by atoms with van der Waals surface area (Å²) in [6.45, 7) is 11.9. The lowest BCUT2D eigenvalue weighted by molar-refractivity contribution is 0.0940. The number of aryl methyl sites for hydroxylation is 1. The van der Waals surface area contributed by atoms with Crippen molar-refractivity contribution in [1.29, 1.82) is 0 Å². The molecule has 2 rings (SSSR count). The van der Waals surface area contributed by atoms with Crippen LogP contribution in [0.15, 0.2) is 18.5 Å². The molecule has 1 amide bonds. The van der Waals surface area contributed by atoms with Crippen molar-refractivity contribution >= 4 is 11.6 Å². The third-order valence-corrected chi connectivity index (χ3v) is 3.78. The molecule has 0 bridgehead atoms. The van der Waals surface area contributed by atoms with Crippen LogP contribution in [-0.4, -0.2) is 50.6 Å². The highest BCUT2D eigenvalue weighted by atomic mass is 16.1. The first-order valence-electron chi connectivity index (χ1n) is 7.75. The second-order valence-corrected chi connectivity index (χ2v) is 6.03. The molecule has 0 saturated heterocycles. The van der Waals surface area contributed by atoms with E-state index in [1.54, 1.807) is 23.0 Å². The van der Waals surface area contributed by atoms with Gasteiger partial charge in [0.15, 0.2) is 5.65 Å². The van der Waals surface area contributed by atoms with Crippen LogP contribution in [0.4, 0.5) is 0 Å². The molecule has 0 aliphatic rings. The number of nitrogens with one attached hydrogen (secondary N) is 1. The minimum Gasteiger partial charge on any atom is -0.351 e. The molecule has 0 radical (unpaired) electrons. The predicted octanol–water partition coefficient (Wildman–Crippen LogP) is 1.89. The minimum absolute atomic E-state index is 0.112. The fourth-order valence-corrected chi connectivity index (χ4v) is 2.76. The number of carbonyl (C=O) groups is 1. The lowest BCUT2D eigenvalue weighted by Gasteiger charge is -2.30. The summed E-state index contributed by atoms with van der Waals surface area (Å²) in [4.78, 5) is 19.0. The minimum atomic E-state index is -0.112. The molecule has 0 saturated carbocycles. The Hall–Kier alpha value is -1.95. The summed E-state index contributed by atoms with van der Waals surface area (Å²) in [5.41, 5.74) is 1.85. The number of hydrogen-bond acceptors (Lipinski definition) is 4. The molecule has 6 heteroatoms. The fraction of sp³-hybridized carbons (Fsp3) is 0.562. The third-order valence-electron chi connectivity index (χ3n) is 3.78. The quantitative estimate of drug-likeness (QED) is 0.885. The summed E-state index contributed by atoms with van der Waals surface area (Å²) in [5, 5.41) is 7.30. The highest BCUT2D eigenvalue weighted by Crippen LogP contribution is 2.12. The molecule has 2 heterocycles.